The number of benzene rings is 1. The van der Waals surface area contributed by atoms with E-state index in [0.717, 1.165) is 38.1 Å². The molecule has 0 saturated carbocycles. The summed E-state index contributed by atoms with van der Waals surface area (Å²) < 4.78 is 51.5. The molecule has 2 rings (SSSR count). The molecule has 1 aliphatic rings. The van der Waals surface area contributed by atoms with Crippen molar-refractivity contribution in [3.05, 3.63) is 35.1 Å². The highest BCUT2D eigenvalue weighted by Gasteiger charge is 2.35. The number of carbonyl (C=O) groups is 1. The van der Waals surface area contributed by atoms with Crippen LogP contribution in [0.15, 0.2) is 18.2 Å². The van der Waals surface area contributed by atoms with E-state index >= 15 is 0 Å². The number of rotatable bonds is 4. The third kappa shape index (κ3) is 3.93. The van der Waals surface area contributed by atoms with Gasteiger partial charge in [0.25, 0.3) is 5.91 Å². The molecule has 116 valence electrons. The molecule has 1 aromatic rings. The highest BCUT2D eigenvalue weighted by atomic mass is 19.4. The molecule has 1 fully saturated rings. The van der Waals surface area contributed by atoms with Gasteiger partial charge in [0.2, 0.25) is 0 Å². The number of amides is 1. The second-order valence-corrected chi connectivity index (χ2v) is 5.07. The number of nitrogens with one attached hydrogen (secondary N) is 2. The largest absolute Gasteiger partial charge is 0.419 e. The molecule has 1 saturated heterocycles. The lowest BCUT2D eigenvalue weighted by atomic mass is 10.0. The first kappa shape index (κ1) is 15.8. The topological polar surface area (TPSA) is 41.1 Å². The quantitative estimate of drug-likeness (QED) is 0.840. The fourth-order valence-corrected chi connectivity index (χ4v) is 2.37. The Labute approximate surface area is 119 Å². The Kier molecular flexibility index (Phi) is 4.82. The van der Waals surface area contributed by atoms with Crippen molar-refractivity contribution < 1.29 is 22.4 Å². The summed E-state index contributed by atoms with van der Waals surface area (Å²) in [7, 11) is 0. The van der Waals surface area contributed by atoms with Crippen LogP contribution in [0.5, 0.6) is 0 Å². The summed E-state index contributed by atoms with van der Waals surface area (Å²) in [4.78, 5) is 11.8. The zero-order valence-electron chi connectivity index (χ0n) is 11.3. The number of alkyl halides is 3. The first-order valence-corrected chi connectivity index (χ1v) is 6.74. The maximum absolute atomic E-state index is 13.8. The monoisotopic (exact) mass is 304 g/mol. The molecule has 1 heterocycles. The van der Waals surface area contributed by atoms with E-state index in [-0.39, 0.29) is 0 Å². The SMILES string of the molecule is O=C(NCCC1CCNC1)c1cccc(C(F)(F)F)c1F. The van der Waals surface area contributed by atoms with E-state index in [0.29, 0.717) is 18.5 Å². The smallest absolute Gasteiger partial charge is 0.352 e. The second kappa shape index (κ2) is 6.43. The maximum atomic E-state index is 13.8. The first-order chi connectivity index (χ1) is 9.89. The second-order valence-electron chi connectivity index (χ2n) is 5.07. The van der Waals surface area contributed by atoms with Gasteiger partial charge in [0.15, 0.2) is 0 Å². The lowest BCUT2D eigenvalue weighted by Gasteiger charge is -2.12. The van der Waals surface area contributed by atoms with Crippen LogP contribution in [-0.4, -0.2) is 25.5 Å². The van der Waals surface area contributed by atoms with E-state index in [2.05, 4.69) is 10.6 Å². The van der Waals surface area contributed by atoms with Gasteiger partial charge in [-0.05, 0) is 44.0 Å². The minimum atomic E-state index is -4.81. The summed E-state index contributed by atoms with van der Waals surface area (Å²) in [6.07, 6.45) is -3.08. The van der Waals surface area contributed by atoms with Gasteiger partial charge in [-0.3, -0.25) is 4.79 Å². The number of hydrogen-bond donors (Lipinski definition) is 2. The van der Waals surface area contributed by atoms with Gasteiger partial charge in [0.05, 0.1) is 11.1 Å². The average Bonchev–Trinajstić information content (AvgIpc) is 2.90. The lowest BCUT2D eigenvalue weighted by Crippen LogP contribution is -2.28. The van der Waals surface area contributed by atoms with Gasteiger partial charge >= 0.3 is 6.18 Å². The van der Waals surface area contributed by atoms with Crippen LogP contribution in [0.1, 0.15) is 28.8 Å². The van der Waals surface area contributed by atoms with E-state index in [9.17, 15) is 22.4 Å². The van der Waals surface area contributed by atoms with Gasteiger partial charge < -0.3 is 10.6 Å². The van der Waals surface area contributed by atoms with E-state index in [1.807, 2.05) is 0 Å². The van der Waals surface area contributed by atoms with Gasteiger partial charge in [-0.2, -0.15) is 13.2 Å². The van der Waals surface area contributed by atoms with E-state index < -0.39 is 29.0 Å². The average molecular weight is 304 g/mol. The Balaban J connectivity index is 1.98. The Morgan fingerprint density at radius 1 is 1.38 bits per heavy atom. The minimum absolute atomic E-state index is 0.320. The molecule has 0 radical (unpaired) electrons. The van der Waals surface area contributed by atoms with Crippen molar-refractivity contribution >= 4 is 5.91 Å². The van der Waals surface area contributed by atoms with Crippen molar-refractivity contribution in [1.29, 1.82) is 0 Å². The summed E-state index contributed by atoms with van der Waals surface area (Å²) in [5, 5.41) is 5.65. The Bertz CT molecular complexity index is 510. The van der Waals surface area contributed by atoms with Crippen LogP contribution in [0, 0.1) is 11.7 Å². The third-order valence-corrected chi connectivity index (χ3v) is 3.55. The highest BCUT2D eigenvalue weighted by Crippen LogP contribution is 2.32. The third-order valence-electron chi connectivity index (χ3n) is 3.55. The molecular formula is C14H16F4N2O. The van der Waals surface area contributed by atoms with E-state index in [1.54, 1.807) is 0 Å². The summed E-state index contributed by atoms with van der Waals surface area (Å²) in [5.74, 6) is -1.90. The van der Waals surface area contributed by atoms with Crippen LogP contribution in [0.2, 0.25) is 0 Å². The zero-order valence-corrected chi connectivity index (χ0v) is 11.3. The van der Waals surface area contributed by atoms with E-state index in [4.69, 9.17) is 0 Å². The van der Waals surface area contributed by atoms with Crippen LogP contribution in [0.25, 0.3) is 0 Å². The number of carbonyl (C=O) groups excluding carboxylic acids is 1. The molecule has 1 amide bonds. The van der Waals surface area contributed by atoms with Crippen molar-refractivity contribution in [2.24, 2.45) is 5.92 Å². The van der Waals surface area contributed by atoms with Gasteiger partial charge in [0, 0.05) is 6.54 Å². The predicted octanol–water partition coefficient (Wildman–Crippen LogP) is 2.57. The van der Waals surface area contributed by atoms with Crippen LogP contribution in [0.3, 0.4) is 0 Å². The van der Waals surface area contributed by atoms with Crippen LogP contribution < -0.4 is 10.6 Å². The van der Waals surface area contributed by atoms with Crippen molar-refractivity contribution in [2.45, 2.75) is 19.0 Å². The van der Waals surface area contributed by atoms with Crippen LogP contribution in [0.4, 0.5) is 17.6 Å². The lowest BCUT2D eigenvalue weighted by molar-refractivity contribution is -0.140. The normalized spacial score (nSPS) is 18.8. The Morgan fingerprint density at radius 3 is 2.76 bits per heavy atom. The molecule has 1 aliphatic heterocycles. The van der Waals surface area contributed by atoms with Crippen LogP contribution >= 0.6 is 0 Å². The molecule has 3 nitrogen and oxygen atoms in total. The minimum Gasteiger partial charge on any atom is -0.352 e. The fraction of sp³-hybridized carbons (Fsp3) is 0.500. The van der Waals surface area contributed by atoms with Crippen molar-refractivity contribution in [2.75, 3.05) is 19.6 Å². The number of hydrogen-bond acceptors (Lipinski definition) is 2. The summed E-state index contributed by atoms with van der Waals surface area (Å²) in [6.45, 7) is 2.12. The molecular weight excluding hydrogens is 288 g/mol. The van der Waals surface area contributed by atoms with Gasteiger partial charge in [-0.15, -0.1) is 0 Å². The molecule has 1 aromatic carbocycles. The first-order valence-electron chi connectivity index (χ1n) is 6.74. The van der Waals surface area contributed by atoms with Gasteiger partial charge in [-0.25, -0.2) is 4.39 Å². The summed E-state index contributed by atoms with van der Waals surface area (Å²) in [5.41, 5.74) is -2.00. The van der Waals surface area contributed by atoms with Gasteiger partial charge in [-0.1, -0.05) is 6.07 Å². The zero-order chi connectivity index (χ0) is 15.5. The standard InChI is InChI=1S/C14H16F4N2O/c15-12-10(2-1-3-11(12)14(16,17)18)13(21)20-7-5-9-4-6-19-8-9/h1-3,9,19H,4-8H2,(H,20,21). The molecule has 0 aromatic heterocycles. The molecule has 2 N–H and O–H groups in total. The maximum Gasteiger partial charge on any atom is 0.419 e. The summed E-state index contributed by atoms with van der Waals surface area (Å²) >= 11 is 0. The molecule has 1 atom stereocenters. The molecule has 21 heavy (non-hydrogen) atoms. The van der Waals surface area contributed by atoms with Crippen molar-refractivity contribution in [3.8, 4) is 0 Å². The van der Waals surface area contributed by atoms with E-state index in [1.165, 1.54) is 0 Å². The summed E-state index contributed by atoms with van der Waals surface area (Å²) in [6, 6.07) is 2.70. The van der Waals surface area contributed by atoms with Crippen molar-refractivity contribution in [3.63, 3.8) is 0 Å². The molecule has 0 spiro atoms. The fourth-order valence-electron chi connectivity index (χ4n) is 2.37. The van der Waals surface area contributed by atoms with Crippen LogP contribution in [-0.2, 0) is 6.18 Å². The molecule has 0 aliphatic carbocycles. The number of halogens is 4. The highest BCUT2D eigenvalue weighted by molar-refractivity contribution is 5.94. The van der Waals surface area contributed by atoms with Crippen molar-refractivity contribution in [1.82, 2.24) is 10.6 Å². The Hall–Kier alpha value is -1.63. The predicted molar refractivity (Wildman–Crippen MR) is 69.3 cm³/mol. The van der Waals surface area contributed by atoms with Gasteiger partial charge in [0.1, 0.15) is 5.82 Å². The molecule has 1 unspecified atom stereocenters. The molecule has 7 heteroatoms. The molecule has 0 bridgehead atoms. The Morgan fingerprint density at radius 2 is 2.14 bits per heavy atom.